The summed E-state index contributed by atoms with van der Waals surface area (Å²) in [5, 5.41) is 6.42. The van der Waals surface area contributed by atoms with E-state index in [4.69, 9.17) is 0 Å². The molecule has 1 aliphatic rings. The number of anilines is 3. The lowest BCUT2D eigenvalue weighted by molar-refractivity contribution is -0.132. The van der Waals surface area contributed by atoms with Gasteiger partial charge in [0.15, 0.2) is 5.54 Å². The van der Waals surface area contributed by atoms with Gasteiger partial charge in [-0.25, -0.2) is 0 Å². The highest BCUT2D eigenvalue weighted by Gasteiger charge is 2.62. The Balaban J connectivity index is 1.73. The Morgan fingerprint density at radius 3 is 1.55 bits per heavy atom. The maximum atomic E-state index is 14.9. The molecule has 0 bridgehead atoms. The minimum Gasteiger partial charge on any atom is -0.355 e. The molecular formula is C36H27N3O3. The Labute approximate surface area is 243 Å². The molecule has 6 nitrogen and oxygen atoms in total. The van der Waals surface area contributed by atoms with E-state index in [2.05, 4.69) is 10.6 Å². The minimum absolute atomic E-state index is 0.0334. The van der Waals surface area contributed by atoms with Gasteiger partial charge in [-0.2, -0.15) is 0 Å². The fourth-order valence-electron chi connectivity index (χ4n) is 5.41. The fraction of sp³-hybridized carbons (Fsp3) is 0.0278. The van der Waals surface area contributed by atoms with Crippen LogP contribution in [0.2, 0.25) is 0 Å². The zero-order valence-corrected chi connectivity index (χ0v) is 22.6. The third kappa shape index (κ3) is 4.65. The average Bonchev–Trinajstić information content (AvgIpc) is 3.29. The zero-order valence-electron chi connectivity index (χ0n) is 22.6. The summed E-state index contributed by atoms with van der Waals surface area (Å²) >= 11 is 0. The molecule has 42 heavy (non-hydrogen) atoms. The number of benzene rings is 5. The first kappa shape index (κ1) is 26.5. The Hall–Kier alpha value is -5.75. The van der Waals surface area contributed by atoms with Crippen LogP contribution in [0.5, 0.6) is 0 Å². The molecule has 1 fully saturated rings. The van der Waals surface area contributed by atoms with Crippen LogP contribution in [0.15, 0.2) is 157 Å². The third-order valence-corrected chi connectivity index (χ3v) is 7.24. The summed E-state index contributed by atoms with van der Waals surface area (Å²) in [7, 11) is 0. The highest BCUT2D eigenvalue weighted by molar-refractivity contribution is 6.55. The van der Waals surface area contributed by atoms with Gasteiger partial charge < -0.3 is 10.6 Å². The lowest BCUT2D eigenvalue weighted by atomic mass is 9.79. The van der Waals surface area contributed by atoms with E-state index in [1.54, 1.807) is 60.7 Å². The van der Waals surface area contributed by atoms with Crippen LogP contribution >= 0.6 is 0 Å². The van der Waals surface area contributed by atoms with Gasteiger partial charge in [-0.1, -0.05) is 115 Å². The van der Waals surface area contributed by atoms with E-state index in [0.29, 0.717) is 33.9 Å². The molecule has 0 aliphatic carbocycles. The van der Waals surface area contributed by atoms with Gasteiger partial charge in [-0.3, -0.25) is 19.3 Å². The highest BCUT2D eigenvalue weighted by Crippen LogP contribution is 2.48. The van der Waals surface area contributed by atoms with Gasteiger partial charge in [-0.05, 0) is 47.5 Å². The summed E-state index contributed by atoms with van der Waals surface area (Å²) < 4.78 is 0. The van der Waals surface area contributed by atoms with Crippen molar-refractivity contribution in [3.8, 4) is 0 Å². The number of nitrogens with zero attached hydrogens (tertiary/aromatic N) is 1. The minimum atomic E-state index is -1.86. The first-order valence-electron chi connectivity index (χ1n) is 13.6. The predicted octanol–water partition coefficient (Wildman–Crippen LogP) is 6.66. The number of rotatable bonds is 7. The normalized spacial score (nSPS) is 17.6. The molecular weight excluding hydrogens is 522 g/mol. The van der Waals surface area contributed by atoms with E-state index in [1.165, 1.54) is 4.90 Å². The fourth-order valence-corrected chi connectivity index (χ4v) is 5.41. The summed E-state index contributed by atoms with van der Waals surface area (Å²) in [6.07, 6.45) is 0. The zero-order chi connectivity index (χ0) is 28.9. The molecule has 2 N–H and O–H groups in total. The van der Waals surface area contributed by atoms with E-state index < -0.39 is 23.1 Å². The van der Waals surface area contributed by atoms with E-state index in [1.807, 2.05) is 91.0 Å². The molecule has 1 saturated heterocycles. The predicted molar refractivity (Wildman–Crippen MR) is 166 cm³/mol. The maximum Gasteiger partial charge on any atom is 0.300 e. The van der Waals surface area contributed by atoms with Crippen LogP contribution in [-0.2, 0) is 19.9 Å². The second kappa shape index (κ2) is 11.4. The third-order valence-electron chi connectivity index (χ3n) is 7.24. The van der Waals surface area contributed by atoms with Crippen LogP contribution in [0, 0.1) is 0 Å². The molecule has 5 aromatic carbocycles. The molecule has 5 aromatic rings. The molecule has 204 valence electrons. The molecule has 1 atom stereocenters. The number of carbonyl (C=O) groups excluding carboxylic acids is 3. The summed E-state index contributed by atoms with van der Waals surface area (Å²) in [4.78, 5) is 44.8. The number of hydrogen-bond donors (Lipinski definition) is 2. The van der Waals surface area contributed by atoms with Crippen molar-refractivity contribution in [3.63, 3.8) is 0 Å². The van der Waals surface area contributed by atoms with Crippen molar-refractivity contribution < 1.29 is 14.4 Å². The smallest absolute Gasteiger partial charge is 0.300 e. The molecule has 0 spiro atoms. The quantitative estimate of drug-likeness (QED) is 0.176. The first-order valence-corrected chi connectivity index (χ1v) is 13.6. The number of para-hydroxylation sites is 3. The SMILES string of the molecule is O=C1C(=O)N(c2ccccc2)[C@](C(=O)Nc2ccccc2)(c2ccccc2)C1=C(Nc1ccccc1)c1ccccc1. The van der Waals surface area contributed by atoms with Crippen molar-refractivity contribution in [3.05, 3.63) is 168 Å². The molecule has 0 aromatic heterocycles. The van der Waals surface area contributed by atoms with E-state index >= 15 is 0 Å². The Kier molecular flexibility index (Phi) is 7.18. The molecule has 1 heterocycles. The summed E-state index contributed by atoms with van der Waals surface area (Å²) in [5.41, 5.74) is 1.32. The first-order chi connectivity index (χ1) is 20.6. The van der Waals surface area contributed by atoms with Gasteiger partial charge in [0.25, 0.3) is 11.7 Å². The summed E-state index contributed by atoms with van der Waals surface area (Å²) in [6.45, 7) is 0. The van der Waals surface area contributed by atoms with Crippen LogP contribution in [0.3, 0.4) is 0 Å². The second-order valence-corrected chi connectivity index (χ2v) is 9.81. The van der Waals surface area contributed by atoms with Crippen molar-refractivity contribution in [1.82, 2.24) is 0 Å². The molecule has 2 amide bonds. The number of carbonyl (C=O) groups is 3. The topological polar surface area (TPSA) is 78.5 Å². The lowest BCUT2D eigenvalue weighted by Crippen LogP contribution is -2.53. The summed E-state index contributed by atoms with van der Waals surface area (Å²) in [6, 6.07) is 45.5. The van der Waals surface area contributed by atoms with Gasteiger partial charge in [-0.15, -0.1) is 0 Å². The van der Waals surface area contributed by atoms with Gasteiger partial charge >= 0.3 is 5.91 Å². The maximum absolute atomic E-state index is 14.9. The number of ketones is 1. The summed E-state index contributed by atoms with van der Waals surface area (Å²) in [5.74, 6) is -2.11. The van der Waals surface area contributed by atoms with E-state index in [9.17, 15) is 14.4 Å². The van der Waals surface area contributed by atoms with Crippen LogP contribution < -0.4 is 15.5 Å². The monoisotopic (exact) mass is 549 g/mol. The molecule has 6 rings (SSSR count). The van der Waals surface area contributed by atoms with Crippen molar-refractivity contribution in [1.29, 1.82) is 0 Å². The molecule has 1 aliphatic heterocycles. The Bertz CT molecular complexity index is 1760. The van der Waals surface area contributed by atoms with Gasteiger partial charge in [0.05, 0.1) is 11.3 Å². The van der Waals surface area contributed by atoms with Gasteiger partial charge in [0.1, 0.15) is 0 Å². The molecule has 0 radical (unpaired) electrons. The van der Waals surface area contributed by atoms with Crippen LogP contribution in [-0.4, -0.2) is 17.6 Å². The number of hydrogen-bond acceptors (Lipinski definition) is 4. The van der Waals surface area contributed by atoms with Gasteiger partial charge in [0, 0.05) is 17.1 Å². The number of amides is 2. The Morgan fingerprint density at radius 1 is 0.548 bits per heavy atom. The van der Waals surface area contributed by atoms with Crippen molar-refractivity contribution in [2.45, 2.75) is 5.54 Å². The van der Waals surface area contributed by atoms with Crippen molar-refractivity contribution in [2.24, 2.45) is 0 Å². The average molecular weight is 550 g/mol. The standard InChI is InChI=1S/C36H27N3O3/c40-33-31(32(26-16-6-1-7-17-26)37-28-20-10-3-11-21-28)36(27-18-8-2-9-19-27,35(42)38-29-22-12-4-13-23-29)39(34(33)41)30-24-14-5-15-25-30/h1-25,37H,(H,38,42)/t36-/m1/s1. The van der Waals surface area contributed by atoms with Crippen molar-refractivity contribution in [2.75, 3.05) is 15.5 Å². The number of Topliss-reactive ketones (excluding diaryl/α,β-unsaturated/α-hetero) is 1. The second-order valence-electron chi connectivity index (χ2n) is 9.81. The highest BCUT2D eigenvalue weighted by atomic mass is 16.2. The molecule has 0 saturated carbocycles. The van der Waals surface area contributed by atoms with Crippen molar-refractivity contribution >= 4 is 40.4 Å². The van der Waals surface area contributed by atoms with Crippen LogP contribution in [0.25, 0.3) is 5.70 Å². The van der Waals surface area contributed by atoms with E-state index in [-0.39, 0.29) is 5.57 Å². The molecule has 0 unspecified atom stereocenters. The largest absolute Gasteiger partial charge is 0.355 e. The number of nitrogens with one attached hydrogen (secondary N) is 2. The van der Waals surface area contributed by atoms with Crippen LogP contribution in [0.4, 0.5) is 17.1 Å². The van der Waals surface area contributed by atoms with Gasteiger partial charge in [0.2, 0.25) is 0 Å². The lowest BCUT2D eigenvalue weighted by Gasteiger charge is -2.38. The van der Waals surface area contributed by atoms with E-state index in [0.717, 1.165) is 0 Å². The molecule has 6 heteroatoms. The Morgan fingerprint density at radius 2 is 1.00 bits per heavy atom. The van der Waals surface area contributed by atoms with Crippen LogP contribution in [0.1, 0.15) is 11.1 Å².